The van der Waals surface area contributed by atoms with Crippen LogP contribution < -0.4 is 5.32 Å². The number of benzene rings is 2. The zero-order chi connectivity index (χ0) is 16.2. The molecule has 1 aromatic heterocycles. The molecule has 2 aromatic carbocycles. The normalized spacial score (nSPS) is 10.5. The summed E-state index contributed by atoms with van der Waals surface area (Å²) in [6.45, 7) is -0.00350. The maximum absolute atomic E-state index is 13.7. The fraction of sp³-hybridized carbons (Fsp3) is 0.0625. The monoisotopic (exact) mass is 347 g/mol. The molecule has 1 amide bonds. The average Bonchev–Trinajstić information content (AvgIpc) is 3.05. The molecule has 0 unspecified atom stereocenters. The Hall–Kier alpha value is -2.31. The first kappa shape index (κ1) is 15.6. The van der Waals surface area contributed by atoms with Crippen molar-refractivity contribution >= 4 is 29.0 Å². The fourth-order valence-electron chi connectivity index (χ4n) is 2.07. The summed E-state index contributed by atoms with van der Waals surface area (Å²) in [5.74, 6) is -0.818. The van der Waals surface area contributed by atoms with E-state index in [4.69, 9.17) is 11.6 Å². The maximum atomic E-state index is 13.7. The number of hydrogen-bond donors (Lipinski definition) is 1. The Labute approximate surface area is 141 Å². The van der Waals surface area contributed by atoms with Crippen molar-refractivity contribution in [1.82, 2.24) is 14.9 Å². The van der Waals surface area contributed by atoms with Crippen LogP contribution in [0.4, 0.5) is 4.39 Å². The Morgan fingerprint density at radius 2 is 1.96 bits per heavy atom. The Kier molecular flexibility index (Phi) is 4.64. The highest BCUT2D eigenvalue weighted by molar-refractivity contribution is 7.08. The van der Waals surface area contributed by atoms with Crippen molar-refractivity contribution in [2.24, 2.45) is 0 Å². The SMILES string of the molecule is O=C(NCc1c(F)cccc1Cl)c1snnc1-c1ccccc1. The van der Waals surface area contributed by atoms with Crippen LogP contribution in [0.5, 0.6) is 0 Å². The molecule has 23 heavy (non-hydrogen) atoms. The summed E-state index contributed by atoms with van der Waals surface area (Å²) >= 11 is 6.95. The molecular formula is C16H11ClFN3OS. The molecule has 0 saturated carbocycles. The molecule has 0 saturated heterocycles. The zero-order valence-corrected chi connectivity index (χ0v) is 13.4. The Balaban J connectivity index is 1.79. The minimum Gasteiger partial charge on any atom is -0.347 e. The molecule has 0 bridgehead atoms. The molecule has 7 heteroatoms. The summed E-state index contributed by atoms with van der Waals surface area (Å²) in [7, 11) is 0. The molecule has 116 valence electrons. The number of carbonyl (C=O) groups is 1. The Bertz CT molecular complexity index is 818. The largest absolute Gasteiger partial charge is 0.347 e. The smallest absolute Gasteiger partial charge is 0.265 e. The standard InChI is InChI=1S/C16H11ClFN3OS/c17-12-7-4-8-13(18)11(12)9-19-16(22)15-14(20-21-23-15)10-5-2-1-3-6-10/h1-8H,9H2,(H,19,22). The highest BCUT2D eigenvalue weighted by Crippen LogP contribution is 2.24. The van der Waals surface area contributed by atoms with Gasteiger partial charge in [0.2, 0.25) is 0 Å². The summed E-state index contributed by atoms with van der Waals surface area (Å²) in [5.41, 5.74) is 1.56. The number of nitrogens with one attached hydrogen (secondary N) is 1. The number of hydrogen-bond acceptors (Lipinski definition) is 4. The molecule has 4 nitrogen and oxygen atoms in total. The third-order valence-corrected chi connectivity index (χ3v) is 4.31. The molecule has 0 spiro atoms. The highest BCUT2D eigenvalue weighted by Gasteiger charge is 2.18. The van der Waals surface area contributed by atoms with Crippen molar-refractivity contribution in [3.63, 3.8) is 0 Å². The lowest BCUT2D eigenvalue weighted by Crippen LogP contribution is -2.23. The fourth-order valence-corrected chi connectivity index (χ4v) is 2.91. The molecule has 0 aliphatic rings. The number of nitrogens with zero attached hydrogens (tertiary/aromatic N) is 2. The second-order valence-corrected chi connectivity index (χ2v) is 5.86. The van der Waals surface area contributed by atoms with Gasteiger partial charge in [-0.3, -0.25) is 4.79 Å². The molecular weight excluding hydrogens is 337 g/mol. The van der Waals surface area contributed by atoms with E-state index in [9.17, 15) is 9.18 Å². The molecule has 0 radical (unpaired) electrons. The molecule has 0 fully saturated rings. The van der Waals surface area contributed by atoms with Gasteiger partial charge in [0.05, 0.1) is 0 Å². The van der Waals surface area contributed by atoms with E-state index in [1.54, 1.807) is 6.07 Å². The number of halogens is 2. The van der Waals surface area contributed by atoms with Crippen molar-refractivity contribution in [3.05, 3.63) is 69.8 Å². The van der Waals surface area contributed by atoms with Crippen LogP contribution in [0.25, 0.3) is 11.3 Å². The van der Waals surface area contributed by atoms with E-state index in [1.165, 1.54) is 12.1 Å². The van der Waals surface area contributed by atoms with E-state index in [0.717, 1.165) is 17.1 Å². The minimum atomic E-state index is -0.455. The summed E-state index contributed by atoms with van der Waals surface area (Å²) in [5, 5.41) is 6.94. The highest BCUT2D eigenvalue weighted by atomic mass is 35.5. The Morgan fingerprint density at radius 1 is 1.17 bits per heavy atom. The van der Waals surface area contributed by atoms with Crippen LogP contribution in [0.1, 0.15) is 15.2 Å². The van der Waals surface area contributed by atoms with Crippen molar-refractivity contribution in [3.8, 4) is 11.3 Å². The molecule has 1 heterocycles. The minimum absolute atomic E-state index is 0.00350. The van der Waals surface area contributed by atoms with Crippen LogP contribution >= 0.6 is 23.1 Å². The predicted octanol–water partition coefficient (Wildman–Crippen LogP) is 3.93. The van der Waals surface area contributed by atoms with Gasteiger partial charge in [-0.2, -0.15) is 0 Å². The number of rotatable bonds is 4. The van der Waals surface area contributed by atoms with Gasteiger partial charge in [0.1, 0.15) is 16.4 Å². The van der Waals surface area contributed by atoms with E-state index in [-0.39, 0.29) is 23.0 Å². The molecule has 0 atom stereocenters. The second kappa shape index (κ2) is 6.85. The molecule has 3 rings (SSSR count). The van der Waals surface area contributed by atoms with E-state index >= 15 is 0 Å². The van der Waals surface area contributed by atoms with Crippen LogP contribution in [0.2, 0.25) is 5.02 Å². The summed E-state index contributed by atoms with van der Waals surface area (Å²) in [6.07, 6.45) is 0. The van der Waals surface area contributed by atoms with E-state index in [0.29, 0.717) is 10.6 Å². The van der Waals surface area contributed by atoms with E-state index in [1.807, 2.05) is 30.3 Å². The van der Waals surface area contributed by atoms with Gasteiger partial charge in [0.25, 0.3) is 5.91 Å². The van der Waals surface area contributed by atoms with Crippen molar-refractivity contribution < 1.29 is 9.18 Å². The van der Waals surface area contributed by atoms with Gasteiger partial charge in [0, 0.05) is 22.7 Å². The summed E-state index contributed by atoms with van der Waals surface area (Å²) < 4.78 is 17.6. The van der Waals surface area contributed by atoms with Crippen LogP contribution in [0.15, 0.2) is 48.5 Å². The first-order valence-electron chi connectivity index (χ1n) is 6.75. The van der Waals surface area contributed by atoms with Gasteiger partial charge < -0.3 is 5.32 Å². The van der Waals surface area contributed by atoms with E-state index < -0.39 is 5.82 Å². The predicted molar refractivity (Wildman–Crippen MR) is 87.9 cm³/mol. The van der Waals surface area contributed by atoms with Gasteiger partial charge in [-0.25, -0.2) is 4.39 Å². The number of aromatic nitrogens is 2. The van der Waals surface area contributed by atoms with Gasteiger partial charge in [-0.15, -0.1) is 5.10 Å². The van der Waals surface area contributed by atoms with E-state index in [2.05, 4.69) is 14.9 Å². The van der Waals surface area contributed by atoms with Gasteiger partial charge in [0.15, 0.2) is 0 Å². The zero-order valence-electron chi connectivity index (χ0n) is 11.8. The van der Waals surface area contributed by atoms with Gasteiger partial charge >= 0.3 is 0 Å². The van der Waals surface area contributed by atoms with Crippen LogP contribution in [0.3, 0.4) is 0 Å². The third-order valence-electron chi connectivity index (χ3n) is 3.23. The van der Waals surface area contributed by atoms with Gasteiger partial charge in [-0.1, -0.05) is 52.5 Å². The van der Waals surface area contributed by atoms with Crippen LogP contribution in [-0.4, -0.2) is 15.5 Å². The first-order valence-corrected chi connectivity index (χ1v) is 7.91. The molecule has 3 aromatic rings. The van der Waals surface area contributed by atoms with Gasteiger partial charge in [-0.05, 0) is 23.7 Å². The maximum Gasteiger partial charge on any atom is 0.265 e. The number of amides is 1. The lowest BCUT2D eigenvalue weighted by Gasteiger charge is -2.07. The van der Waals surface area contributed by atoms with Crippen molar-refractivity contribution in [2.45, 2.75) is 6.54 Å². The topological polar surface area (TPSA) is 54.9 Å². The number of carbonyl (C=O) groups excluding carboxylic acids is 1. The quantitative estimate of drug-likeness (QED) is 0.778. The molecule has 1 N–H and O–H groups in total. The molecule has 0 aliphatic carbocycles. The van der Waals surface area contributed by atoms with Crippen LogP contribution in [0, 0.1) is 5.82 Å². The lowest BCUT2D eigenvalue weighted by atomic mass is 10.1. The van der Waals surface area contributed by atoms with Crippen molar-refractivity contribution in [2.75, 3.05) is 0 Å². The van der Waals surface area contributed by atoms with Crippen LogP contribution in [-0.2, 0) is 6.54 Å². The summed E-state index contributed by atoms with van der Waals surface area (Å²) in [6, 6.07) is 13.7. The first-order chi connectivity index (χ1) is 11.2. The van der Waals surface area contributed by atoms with Crippen molar-refractivity contribution in [1.29, 1.82) is 0 Å². The average molecular weight is 348 g/mol. The second-order valence-electron chi connectivity index (χ2n) is 4.70. The summed E-state index contributed by atoms with van der Waals surface area (Å²) in [4.78, 5) is 12.7. The lowest BCUT2D eigenvalue weighted by molar-refractivity contribution is 0.0955. The molecule has 0 aliphatic heterocycles. The Morgan fingerprint density at radius 3 is 2.70 bits per heavy atom. The third kappa shape index (κ3) is 3.38.